The smallest absolute Gasteiger partial charge is 0.185 e. The Balaban J connectivity index is 1.97. The number of benzene rings is 2. The fourth-order valence-corrected chi connectivity index (χ4v) is 3.28. The molecule has 1 nitrogen and oxygen atoms in total. The molecule has 0 bridgehead atoms. The molecule has 1 fully saturated rings. The monoisotopic (exact) mass is 356 g/mol. The Labute approximate surface area is 152 Å². The van der Waals surface area contributed by atoms with Gasteiger partial charge in [-0.1, -0.05) is 59.6 Å². The molecule has 3 rings (SSSR count). The van der Waals surface area contributed by atoms with E-state index >= 15 is 0 Å². The number of rotatable bonds is 2. The van der Waals surface area contributed by atoms with Crippen LogP contribution >= 0.6 is 23.2 Å². The van der Waals surface area contributed by atoms with E-state index in [4.69, 9.17) is 23.2 Å². The van der Waals surface area contributed by atoms with Crippen LogP contribution in [-0.2, 0) is 4.79 Å². The Bertz CT molecular complexity index is 751. The van der Waals surface area contributed by atoms with Crippen molar-refractivity contribution in [3.8, 4) is 0 Å². The van der Waals surface area contributed by atoms with Gasteiger partial charge in [0.05, 0.1) is 0 Å². The SMILES string of the molecule is O=C1/C(=C\c2ccccc2Cl)CCCC/C1=C/c1ccccc1Cl. The van der Waals surface area contributed by atoms with Gasteiger partial charge in [0.1, 0.15) is 0 Å². The van der Waals surface area contributed by atoms with Crippen LogP contribution in [0.3, 0.4) is 0 Å². The first-order valence-electron chi connectivity index (χ1n) is 8.10. The highest BCUT2D eigenvalue weighted by atomic mass is 35.5. The second-order valence-electron chi connectivity index (χ2n) is 5.92. The minimum atomic E-state index is 0.104. The minimum absolute atomic E-state index is 0.104. The number of halogens is 2. The topological polar surface area (TPSA) is 17.1 Å². The lowest BCUT2D eigenvalue weighted by molar-refractivity contribution is -0.112. The van der Waals surface area contributed by atoms with Gasteiger partial charge in [-0.25, -0.2) is 0 Å². The zero-order valence-electron chi connectivity index (χ0n) is 13.3. The van der Waals surface area contributed by atoms with Crippen molar-refractivity contribution in [1.29, 1.82) is 0 Å². The van der Waals surface area contributed by atoms with Crippen LogP contribution in [-0.4, -0.2) is 5.78 Å². The minimum Gasteiger partial charge on any atom is -0.289 e. The molecule has 0 N–H and O–H groups in total. The number of ketones is 1. The first kappa shape index (κ1) is 17.0. The van der Waals surface area contributed by atoms with E-state index in [1.54, 1.807) is 0 Å². The van der Waals surface area contributed by atoms with E-state index in [1.165, 1.54) is 0 Å². The lowest BCUT2D eigenvalue weighted by Crippen LogP contribution is -2.04. The Morgan fingerprint density at radius 1 is 0.708 bits per heavy atom. The van der Waals surface area contributed by atoms with Crippen molar-refractivity contribution in [3.05, 3.63) is 80.8 Å². The van der Waals surface area contributed by atoms with Crippen molar-refractivity contribution in [2.45, 2.75) is 25.7 Å². The van der Waals surface area contributed by atoms with Crippen LogP contribution in [0.25, 0.3) is 12.2 Å². The number of carbonyl (C=O) groups is 1. The maximum Gasteiger partial charge on any atom is 0.185 e. The molecule has 1 saturated carbocycles. The number of carbonyl (C=O) groups excluding carboxylic acids is 1. The molecule has 0 unspecified atom stereocenters. The van der Waals surface area contributed by atoms with Gasteiger partial charge in [0.2, 0.25) is 0 Å². The van der Waals surface area contributed by atoms with Crippen molar-refractivity contribution < 1.29 is 4.79 Å². The van der Waals surface area contributed by atoms with Crippen LogP contribution in [0.15, 0.2) is 59.7 Å². The van der Waals surface area contributed by atoms with Crippen LogP contribution in [0.1, 0.15) is 36.8 Å². The average Bonchev–Trinajstić information content (AvgIpc) is 2.75. The first-order chi connectivity index (χ1) is 11.6. The van der Waals surface area contributed by atoms with Gasteiger partial charge in [-0.15, -0.1) is 0 Å². The Kier molecular flexibility index (Phi) is 5.55. The van der Waals surface area contributed by atoms with Crippen LogP contribution in [0.5, 0.6) is 0 Å². The summed E-state index contributed by atoms with van der Waals surface area (Å²) in [7, 11) is 0. The molecule has 0 atom stereocenters. The molecule has 2 aromatic carbocycles. The van der Waals surface area contributed by atoms with Crippen molar-refractivity contribution in [2.75, 3.05) is 0 Å². The van der Waals surface area contributed by atoms with Gasteiger partial charge < -0.3 is 0 Å². The zero-order chi connectivity index (χ0) is 16.9. The normalized spacial score (nSPS) is 18.8. The largest absolute Gasteiger partial charge is 0.289 e. The van der Waals surface area contributed by atoms with Gasteiger partial charge in [-0.3, -0.25) is 4.79 Å². The van der Waals surface area contributed by atoms with Crippen LogP contribution in [0, 0.1) is 0 Å². The molecule has 1 aliphatic rings. The van der Waals surface area contributed by atoms with E-state index in [0.717, 1.165) is 48.0 Å². The summed E-state index contributed by atoms with van der Waals surface area (Å²) in [6, 6.07) is 15.2. The molecule has 1 aliphatic carbocycles. The van der Waals surface area contributed by atoms with Gasteiger partial charge in [0.25, 0.3) is 0 Å². The first-order valence-corrected chi connectivity index (χ1v) is 8.85. The maximum atomic E-state index is 13.0. The number of allylic oxidation sites excluding steroid dienone is 2. The summed E-state index contributed by atoms with van der Waals surface area (Å²) < 4.78 is 0. The fraction of sp³-hybridized carbons (Fsp3) is 0.190. The van der Waals surface area contributed by atoms with Crippen molar-refractivity contribution in [1.82, 2.24) is 0 Å². The van der Waals surface area contributed by atoms with E-state index < -0.39 is 0 Å². The molecular weight excluding hydrogens is 339 g/mol. The summed E-state index contributed by atoms with van der Waals surface area (Å²) in [4.78, 5) is 13.0. The predicted octanol–water partition coefficient (Wildman–Crippen LogP) is 6.60. The van der Waals surface area contributed by atoms with Gasteiger partial charge in [-0.05, 0) is 61.1 Å². The third-order valence-corrected chi connectivity index (χ3v) is 4.88. The van der Waals surface area contributed by atoms with Gasteiger partial charge in [-0.2, -0.15) is 0 Å². The second kappa shape index (κ2) is 7.83. The van der Waals surface area contributed by atoms with Crippen LogP contribution < -0.4 is 0 Å². The van der Waals surface area contributed by atoms with Crippen LogP contribution in [0.2, 0.25) is 10.0 Å². The standard InChI is InChI=1S/C21H18Cl2O/c22-19-11-5-3-7-15(19)13-17-9-1-2-10-18(21(17)24)14-16-8-4-6-12-20(16)23/h3-8,11-14H,1-2,9-10H2/b17-13-,18-14-. The van der Waals surface area contributed by atoms with E-state index in [2.05, 4.69) is 0 Å². The highest BCUT2D eigenvalue weighted by Gasteiger charge is 2.19. The summed E-state index contributed by atoms with van der Waals surface area (Å²) in [5, 5.41) is 1.33. The lowest BCUT2D eigenvalue weighted by Gasteiger charge is -2.07. The quantitative estimate of drug-likeness (QED) is 0.437. The third kappa shape index (κ3) is 3.98. The molecule has 0 heterocycles. The number of hydrogen-bond acceptors (Lipinski definition) is 1. The van der Waals surface area contributed by atoms with Crippen molar-refractivity contribution in [2.24, 2.45) is 0 Å². The van der Waals surface area contributed by atoms with E-state index in [1.807, 2.05) is 60.7 Å². The van der Waals surface area contributed by atoms with Gasteiger partial charge in [0.15, 0.2) is 5.78 Å². The lowest BCUT2D eigenvalue weighted by atomic mass is 9.98. The summed E-state index contributed by atoms with van der Waals surface area (Å²) in [6.45, 7) is 0. The Morgan fingerprint density at radius 2 is 1.12 bits per heavy atom. The van der Waals surface area contributed by atoms with Gasteiger partial charge >= 0.3 is 0 Å². The highest BCUT2D eigenvalue weighted by Crippen LogP contribution is 2.29. The third-order valence-electron chi connectivity index (χ3n) is 4.20. The predicted molar refractivity (Wildman–Crippen MR) is 102 cm³/mol. The summed E-state index contributed by atoms with van der Waals surface area (Å²) in [5.41, 5.74) is 3.42. The van der Waals surface area contributed by atoms with Crippen molar-refractivity contribution >= 4 is 41.1 Å². The molecule has 24 heavy (non-hydrogen) atoms. The molecule has 0 aromatic heterocycles. The second-order valence-corrected chi connectivity index (χ2v) is 6.73. The Morgan fingerprint density at radius 3 is 1.54 bits per heavy atom. The number of Topliss-reactive ketones (excluding diaryl/α,β-unsaturated/α-hetero) is 1. The molecular formula is C21H18Cl2O. The average molecular weight is 357 g/mol. The summed E-state index contributed by atoms with van der Waals surface area (Å²) in [6.07, 6.45) is 7.42. The molecule has 0 spiro atoms. The molecule has 0 aliphatic heterocycles. The maximum absolute atomic E-state index is 13.0. The Hall–Kier alpha value is -1.83. The fourth-order valence-electron chi connectivity index (χ4n) is 2.90. The zero-order valence-corrected chi connectivity index (χ0v) is 14.8. The molecule has 0 amide bonds. The molecule has 0 radical (unpaired) electrons. The molecule has 3 heteroatoms. The molecule has 122 valence electrons. The van der Waals surface area contributed by atoms with Gasteiger partial charge in [0, 0.05) is 21.2 Å². The molecule has 0 saturated heterocycles. The summed E-state index contributed by atoms with van der Waals surface area (Å²) >= 11 is 12.5. The van der Waals surface area contributed by atoms with Crippen molar-refractivity contribution in [3.63, 3.8) is 0 Å². The van der Waals surface area contributed by atoms with E-state index in [0.29, 0.717) is 10.0 Å². The molecule has 2 aromatic rings. The van der Waals surface area contributed by atoms with Crippen LogP contribution in [0.4, 0.5) is 0 Å². The van der Waals surface area contributed by atoms with E-state index in [-0.39, 0.29) is 5.78 Å². The number of hydrogen-bond donors (Lipinski definition) is 0. The highest BCUT2D eigenvalue weighted by molar-refractivity contribution is 6.32. The summed E-state index contributed by atoms with van der Waals surface area (Å²) in [5.74, 6) is 0.104. The van der Waals surface area contributed by atoms with E-state index in [9.17, 15) is 4.79 Å².